The van der Waals surface area contributed by atoms with E-state index in [0.29, 0.717) is 10.7 Å². The lowest BCUT2D eigenvalue weighted by atomic mass is 9.98. The third-order valence-electron chi connectivity index (χ3n) is 2.01. The van der Waals surface area contributed by atoms with Crippen molar-refractivity contribution in [1.82, 2.24) is 9.78 Å². The molecule has 0 bridgehead atoms. The van der Waals surface area contributed by atoms with Crippen LogP contribution in [0.5, 0.6) is 0 Å². The van der Waals surface area contributed by atoms with Crippen molar-refractivity contribution < 1.29 is 31.4 Å². The molecule has 0 aliphatic heterocycles. The summed E-state index contributed by atoms with van der Waals surface area (Å²) in [7, 11) is 0.873. The average molecular weight is 248 g/mol. The molecular formula is C7H6F6N2O. The maximum atomic E-state index is 12.3. The van der Waals surface area contributed by atoms with Crippen LogP contribution in [-0.2, 0) is 12.6 Å². The van der Waals surface area contributed by atoms with Crippen molar-refractivity contribution in [3.63, 3.8) is 0 Å². The van der Waals surface area contributed by atoms with E-state index in [4.69, 9.17) is 5.11 Å². The smallest absolute Gasteiger partial charge is 0.368 e. The predicted octanol–water partition coefficient (Wildman–Crippen LogP) is 1.73. The predicted molar refractivity (Wildman–Crippen MR) is 39.2 cm³/mol. The molecule has 1 aromatic heterocycles. The fourth-order valence-electron chi connectivity index (χ4n) is 1.18. The van der Waals surface area contributed by atoms with Gasteiger partial charge in [-0.25, -0.2) is 0 Å². The van der Waals surface area contributed by atoms with Crippen molar-refractivity contribution >= 4 is 0 Å². The maximum absolute atomic E-state index is 12.3. The maximum Gasteiger partial charge on any atom is 0.432 e. The van der Waals surface area contributed by atoms with Crippen LogP contribution in [-0.4, -0.2) is 27.2 Å². The van der Waals surface area contributed by atoms with E-state index >= 15 is 0 Å². The summed E-state index contributed by atoms with van der Waals surface area (Å²) in [5.41, 5.74) is -6.29. The Hall–Kier alpha value is -1.25. The Morgan fingerprint density at radius 1 is 1.12 bits per heavy atom. The number of aryl methyl sites for hydroxylation is 1. The van der Waals surface area contributed by atoms with E-state index in [1.165, 1.54) is 0 Å². The first-order valence-electron chi connectivity index (χ1n) is 3.86. The molecule has 1 rings (SSSR count). The van der Waals surface area contributed by atoms with Crippen LogP contribution in [0.1, 0.15) is 5.69 Å². The number of halogens is 6. The number of alkyl halides is 6. The fraction of sp³-hybridized carbons (Fsp3) is 0.571. The first kappa shape index (κ1) is 12.8. The minimum atomic E-state index is -5.88. The van der Waals surface area contributed by atoms with Gasteiger partial charge in [0.25, 0.3) is 5.60 Å². The van der Waals surface area contributed by atoms with E-state index in [1.807, 2.05) is 0 Å². The molecule has 0 saturated heterocycles. The van der Waals surface area contributed by atoms with Gasteiger partial charge in [-0.2, -0.15) is 31.4 Å². The summed E-state index contributed by atoms with van der Waals surface area (Å²) in [5.74, 6) is 0. The summed E-state index contributed by atoms with van der Waals surface area (Å²) >= 11 is 0. The fourth-order valence-corrected chi connectivity index (χ4v) is 1.18. The van der Waals surface area contributed by atoms with Gasteiger partial charge in [0.15, 0.2) is 0 Å². The van der Waals surface area contributed by atoms with Crippen LogP contribution < -0.4 is 0 Å². The number of hydrogen-bond donors (Lipinski definition) is 1. The van der Waals surface area contributed by atoms with Crippen molar-refractivity contribution in [3.05, 3.63) is 18.0 Å². The molecule has 0 amide bonds. The molecule has 0 aliphatic rings. The average Bonchev–Trinajstić information content (AvgIpc) is 2.46. The topological polar surface area (TPSA) is 38.0 Å². The monoisotopic (exact) mass is 248 g/mol. The lowest BCUT2D eigenvalue weighted by Gasteiger charge is -2.32. The minimum absolute atomic E-state index is 0.320. The highest BCUT2D eigenvalue weighted by Crippen LogP contribution is 2.49. The van der Waals surface area contributed by atoms with Crippen LogP contribution in [0.4, 0.5) is 26.3 Å². The van der Waals surface area contributed by atoms with Gasteiger partial charge in [-0.3, -0.25) is 4.68 Å². The Labute approximate surface area is 85.3 Å². The summed E-state index contributed by atoms with van der Waals surface area (Å²) in [6.45, 7) is 0. The summed E-state index contributed by atoms with van der Waals surface area (Å²) in [6.07, 6.45) is -11.0. The van der Waals surface area contributed by atoms with E-state index in [2.05, 4.69) is 5.10 Å². The van der Waals surface area contributed by atoms with Crippen molar-refractivity contribution in [3.8, 4) is 0 Å². The molecule has 0 aliphatic carbocycles. The van der Waals surface area contributed by atoms with Crippen molar-refractivity contribution in [2.24, 2.45) is 7.05 Å². The number of aliphatic hydroxyl groups is 1. The second kappa shape index (κ2) is 3.37. The number of aromatic nitrogens is 2. The van der Waals surface area contributed by atoms with E-state index in [9.17, 15) is 26.3 Å². The van der Waals surface area contributed by atoms with Gasteiger partial charge in [-0.1, -0.05) is 0 Å². The van der Waals surface area contributed by atoms with Gasteiger partial charge < -0.3 is 5.11 Å². The van der Waals surface area contributed by atoms with Crippen LogP contribution in [0.2, 0.25) is 0 Å². The second-order valence-electron chi connectivity index (χ2n) is 3.05. The third kappa shape index (κ3) is 1.64. The summed E-state index contributed by atoms with van der Waals surface area (Å²) in [5, 5.41) is 12.1. The zero-order chi connectivity index (χ0) is 12.8. The standard InChI is InChI=1S/C7H6F6N2O/c1-15-4(2-3-14-15)5(16,6(8,9)10)7(11,12)13/h2-3,16H,1H3. The molecule has 0 atom stereocenters. The molecule has 92 valence electrons. The van der Waals surface area contributed by atoms with Crippen molar-refractivity contribution in [1.29, 1.82) is 0 Å². The highest BCUT2D eigenvalue weighted by Gasteiger charge is 2.72. The quantitative estimate of drug-likeness (QED) is 0.768. The number of hydrogen-bond acceptors (Lipinski definition) is 2. The molecule has 9 heteroatoms. The van der Waals surface area contributed by atoms with Crippen LogP contribution in [0.15, 0.2) is 12.3 Å². The summed E-state index contributed by atoms with van der Waals surface area (Å²) < 4.78 is 74.3. The number of nitrogens with zero attached hydrogens (tertiary/aromatic N) is 2. The second-order valence-corrected chi connectivity index (χ2v) is 3.05. The first-order valence-corrected chi connectivity index (χ1v) is 3.86. The minimum Gasteiger partial charge on any atom is -0.368 e. The van der Waals surface area contributed by atoms with Gasteiger partial charge in [0.2, 0.25) is 0 Å². The zero-order valence-corrected chi connectivity index (χ0v) is 7.76. The van der Waals surface area contributed by atoms with E-state index in [1.54, 1.807) is 0 Å². The number of rotatable bonds is 1. The summed E-state index contributed by atoms with van der Waals surface area (Å²) in [4.78, 5) is 0. The van der Waals surface area contributed by atoms with Crippen LogP contribution in [0.25, 0.3) is 0 Å². The van der Waals surface area contributed by atoms with Crippen LogP contribution >= 0.6 is 0 Å². The van der Waals surface area contributed by atoms with Crippen LogP contribution in [0.3, 0.4) is 0 Å². The molecule has 0 unspecified atom stereocenters. The molecule has 1 N–H and O–H groups in total. The normalized spacial score (nSPS) is 14.2. The Balaban J connectivity index is 3.45. The SMILES string of the molecule is Cn1nccc1C(O)(C(F)(F)F)C(F)(F)F. The van der Waals surface area contributed by atoms with Gasteiger partial charge in [-0.15, -0.1) is 0 Å². The molecule has 0 aromatic carbocycles. The Morgan fingerprint density at radius 3 is 1.81 bits per heavy atom. The molecule has 0 saturated carbocycles. The van der Waals surface area contributed by atoms with Crippen LogP contribution in [0, 0.1) is 0 Å². The van der Waals surface area contributed by atoms with Gasteiger partial charge in [0, 0.05) is 13.2 Å². The van der Waals surface area contributed by atoms with Gasteiger partial charge in [0.1, 0.15) is 0 Å². The Bertz CT molecular complexity index is 365. The largest absolute Gasteiger partial charge is 0.432 e. The Kier molecular flexibility index (Phi) is 2.70. The molecule has 1 heterocycles. The van der Waals surface area contributed by atoms with Gasteiger partial charge in [-0.05, 0) is 6.07 Å². The molecule has 16 heavy (non-hydrogen) atoms. The molecule has 3 nitrogen and oxygen atoms in total. The van der Waals surface area contributed by atoms with Gasteiger partial charge in [0.05, 0.1) is 5.69 Å². The van der Waals surface area contributed by atoms with Gasteiger partial charge >= 0.3 is 12.4 Å². The third-order valence-corrected chi connectivity index (χ3v) is 2.01. The highest BCUT2D eigenvalue weighted by atomic mass is 19.4. The summed E-state index contributed by atoms with van der Waals surface area (Å²) in [6, 6.07) is 0.459. The molecule has 1 aromatic rings. The molecule has 0 spiro atoms. The zero-order valence-electron chi connectivity index (χ0n) is 7.76. The Morgan fingerprint density at radius 2 is 1.56 bits per heavy atom. The van der Waals surface area contributed by atoms with E-state index < -0.39 is 23.6 Å². The van der Waals surface area contributed by atoms with Crippen molar-refractivity contribution in [2.45, 2.75) is 18.0 Å². The van der Waals surface area contributed by atoms with Crippen molar-refractivity contribution in [2.75, 3.05) is 0 Å². The van der Waals surface area contributed by atoms with E-state index in [-0.39, 0.29) is 0 Å². The van der Waals surface area contributed by atoms with E-state index in [0.717, 1.165) is 13.2 Å². The first-order chi connectivity index (χ1) is 7.02. The lowest BCUT2D eigenvalue weighted by molar-refractivity contribution is -0.378. The molecular weight excluding hydrogens is 242 g/mol. The highest BCUT2D eigenvalue weighted by molar-refractivity contribution is 5.17. The molecule has 0 fully saturated rings. The lowest BCUT2D eigenvalue weighted by Crippen LogP contribution is -2.54. The molecule has 0 radical (unpaired) electrons.